The van der Waals surface area contributed by atoms with Gasteiger partial charge in [0.15, 0.2) is 0 Å². The summed E-state index contributed by atoms with van der Waals surface area (Å²) in [6.07, 6.45) is 5.82. The number of nitrogens with one attached hydrogen (secondary N) is 1. The predicted molar refractivity (Wildman–Crippen MR) is 98.7 cm³/mol. The summed E-state index contributed by atoms with van der Waals surface area (Å²) in [5.74, 6) is 1.54. The Morgan fingerprint density at radius 3 is 3.00 bits per heavy atom. The molecule has 2 atom stereocenters. The quantitative estimate of drug-likeness (QED) is 0.843. The number of hydrogen-bond donors (Lipinski definition) is 2. The Morgan fingerprint density at radius 2 is 2.25 bits per heavy atom. The van der Waals surface area contributed by atoms with Crippen molar-refractivity contribution in [1.29, 1.82) is 0 Å². The molecule has 8 heteroatoms. The number of hydrogen-bond acceptors (Lipinski definition) is 6. The maximum Gasteiger partial charge on any atom is 0.243 e. The molecule has 4 rings (SSSR count). The van der Waals surface area contributed by atoms with Gasteiger partial charge in [-0.1, -0.05) is 0 Å². The molecule has 1 aliphatic carbocycles. The predicted octanol–water partition coefficient (Wildman–Crippen LogP) is 1.94. The molecule has 24 heavy (non-hydrogen) atoms. The van der Waals surface area contributed by atoms with E-state index < -0.39 is 0 Å². The van der Waals surface area contributed by atoms with Gasteiger partial charge in [0, 0.05) is 19.1 Å². The highest BCUT2D eigenvalue weighted by Crippen LogP contribution is 2.34. The van der Waals surface area contributed by atoms with E-state index in [1.807, 2.05) is 11.4 Å². The van der Waals surface area contributed by atoms with Gasteiger partial charge in [-0.3, -0.25) is 4.79 Å². The average Bonchev–Trinajstić information content (AvgIpc) is 3.11. The summed E-state index contributed by atoms with van der Waals surface area (Å²) in [7, 11) is 0. The van der Waals surface area contributed by atoms with E-state index in [2.05, 4.69) is 20.2 Å². The van der Waals surface area contributed by atoms with Gasteiger partial charge < -0.3 is 16.0 Å². The van der Waals surface area contributed by atoms with Crippen molar-refractivity contribution in [3.05, 3.63) is 17.8 Å². The molecule has 1 saturated heterocycles. The zero-order valence-electron chi connectivity index (χ0n) is 13.4. The zero-order chi connectivity index (χ0) is 15.8. The zero-order valence-corrected chi connectivity index (χ0v) is 15.0. The van der Waals surface area contributed by atoms with Crippen molar-refractivity contribution in [1.82, 2.24) is 15.3 Å². The minimum Gasteiger partial charge on any atom is -0.350 e. The average molecular weight is 368 g/mol. The van der Waals surface area contributed by atoms with Crippen molar-refractivity contribution in [2.75, 3.05) is 18.0 Å². The molecular weight excluding hydrogens is 346 g/mol. The van der Waals surface area contributed by atoms with E-state index in [0.29, 0.717) is 12.5 Å². The van der Waals surface area contributed by atoms with Gasteiger partial charge in [-0.2, -0.15) is 0 Å². The van der Waals surface area contributed by atoms with Gasteiger partial charge in [-0.25, -0.2) is 9.97 Å². The van der Waals surface area contributed by atoms with Crippen molar-refractivity contribution in [3.63, 3.8) is 0 Å². The van der Waals surface area contributed by atoms with E-state index in [0.717, 1.165) is 35.4 Å². The van der Waals surface area contributed by atoms with E-state index >= 15 is 0 Å². The van der Waals surface area contributed by atoms with Crippen LogP contribution in [-0.4, -0.2) is 41.0 Å². The van der Waals surface area contributed by atoms with Crippen LogP contribution in [0.4, 0.5) is 5.82 Å². The van der Waals surface area contributed by atoms with E-state index in [1.165, 1.54) is 12.8 Å². The fourth-order valence-electron chi connectivity index (χ4n) is 3.45. The fraction of sp³-hybridized carbons (Fsp3) is 0.562. The molecular formula is C16H22ClN5OS. The maximum absolute atomic E-state index is 12.8. The van der Waals surface area contributed by atoms with Crippen molar-refractivity contribution < 1.29 is 4.79 Å². The standard InChI is InChI=1S/C16H21N5OS.ClH/c17-8-12(10-3-4-10)20-15(22)13-2-1-6-21(13)14-11-5-7-23-16(11)19-9-18-14;/h5,7,9-10,12-13H,1-4,6,8,17H2,(H,20,22);1H. The number of nitrogens with two attached hydrogens (primary N) is 1. The first-order chi connectivity index (χ1) is 11.3. The van der Waals surface area contributed by atoms with Crippen molar-refractivity contribution in [2.24, 2.45) is 11.7 Å². The van der Waals surface area contributed by atoms with Gasteiger partial charge in [0.05, 0.1) is 5.39 Å². The fourth-order valence-corrected chi connectivity index (χ4v) is 4.17. The van der Waals surface area contributed by atoms with Gasteiger partial charge in [0.2, 0.25) is 5.91 Å². The Bertz CT molecular complexity index is 719. The first kappa shape index (κ1) is 17.4. The lowest BCUT2D eigenvalue weighted by Gasteiger charge is -2.27. The molecule has 3 N–H and O–H groups in total. The summed E-state index contributed by atoms with van der Waals surface area (Å²) in [6.45, 7) is 1.38. The summed E-state index contributed by atoms with van der Waals surface area (Å²) in [4.78, 5) is 24.6. The number of rotatable bonds is 5. The molecule has 0 spiro atoms. The minimum absolute atomic E-state index is 0. The molecule has 2 fully saturated rings. The lowest BCUT2D eigenvalue weighted by atomic mass is 10.1. The van der Waals surface area contributed by atoms with Crippen molar-refractivity contribution in [2.45, 2.75) is 37.8 Å². The summed E-state index contributed by atoms with van der Waals surface area (Å²) in [5, 5.41) is 6.22. The normalized spacial score (nSPS) is 21.5. The maximum atomic E-state index is 12.8. The summed E-state index contributed by atoms with van der Waals surface area (Å²) < 4.78 is 0. The second kappa shape index (κ2) is 7.21. The first-order valence-electron chi connectivity index (χ1n) is 8.23. The Balaban J connectivity index is 0.00000169. The Kier molecular flexibility index (Phi) is 5.22. The molecule has 1 amide bonds. The molecule has 130 valence electrons. The number of aromatic nitrogens is 2. The summed E-state index contributed by atoms with van der Waals surface area (Å²) in [5.41, 5.74) is 5.82. The first-order valence-corrected chi connectivity index (χ1v) is 9.11. The second-order valence-corrected chi connectivity index (χ2v) is 7.27. The van der Waals surface area contributed by atoms with E-state index in [1.54, 1.807) is 17.7 Å². The number of fused-ring (bicyclic) bond motifs is 1. The number of carbonyl (C=O) groups excluding carboxylic acids is 1. The molecule has 2 aliphatic rings. The molecule has 2 unspecified atom stereocenters. The molecule has 0 bridgehead atoms. The van der Waals surface area contributed by atoms with Gasteiger partial charge in [0.25, 0.3) is 0 Å². The molecule has 2 aromatic rings. The lowest BCUT2D eigenvalue weighted by Crippen LogP contribution is -2.50. The Labute approximate surface area is 151 Å². The van der Waals surface area contributed by atoms with Crippen LogP contribution in [0.25, 0.3) is 10.2 Å². The molecule has 0 aromatic carbocycles. The van der Waals surface area contributed by atoms with Crippen LogP contribution in [0.5, 0.6) is 0 Å². The third kappa shape index (κ3) is 3.20. The molecule has 1 aliphatic heterocycles. The van der Waals surface area contributed by atoms with Crippen molar-refractivity contribution >= 4 is 45.7 Å². The number of anilines is 1. The van der Waals surface area contributed by atoms with Gasteiger partial charge in [0.1, 0.15) is 23.0 Å². The van der Waals surface area contributed by atoms with Crippen LogP contribution in [0.15, 0.2) is 17.8 Å². The topological polar surface area (TPSA) is 84.1 Å². The largest absolute Gasteiger partial charge is 0.350 e. The smallest absolute Gasteiger partial charge is 0.243 e. The van der Waals surface area contributed by atoms with E-state index in [9.17, 15) is 4.79 Å². The number of thiophene rings is 1. The van der Waals surface area contributed by atoms with E-state index in [4.69, 9.17) is 5.73 Å². The van der Waals surface area contributed by atoms with Crippen LogP contribution >= 0.6 is 23.7 Å². The third-order valence-electron chi connectivity index (χ3n) is 4.84. The molecule has 1 saturated carbocycles. The Morgan fingerprint density at radius 1 is 1.42 bits per heavy atom. The lowest BCUT2D eigenvalue weighted by molar-refractivity contribution is -0.123. The van der Waals surface area contributed by atoms with Crippen LogP contribution in [-0.2, 0) is 4.79 Å². The van der Waals surface area contributed by atoms with Crippen LogP contribution < -0.4 is 16.0 Å². The van der Waals surface area contributed by atoms with Gasteiger partial charge in [-0.15, -0.1) is 23.7 Å². The summed E-state index contributed by atoms with van der Waals surface area (Å²) in [6, 6.07) is 2.01. The molecule has 3 heterocycles. The second-order valence-electron chi connectivity index (χ2n) is 6.38. The van der Waals surface area contributed by atoms with Crippen molar-refractivity contribution in [3.8, 4) is 0 Å². The van der Waals surface area contributed by atoms with E-state index in [-0.39, 0.29) is 30.4 Å². The highest BCUT2D eigenvalue weighted by atomic mass is 35.5. The van der Waals surface area contributed by atoms with Gasteiger partial charge >= 0.3 is 0 Å². The third-order valence-corrected chi connectivity index (χ3v) is 5.66. The SMILES string of the molecule is Cl.NCC(NC(=O)C1CCCN1c1ncnc2sccc12)C1CC1. The minimum atomic E-state index is -0.152. The summed E-state index contributed by atoms with van der Waals surface area (Å²) >= 11 is 1.60. The van der Waals surface area contributed by atoms with Crippen LogP contribution in [0.1, 0.15) is 25.7 Å². The van der Waals surface area contributed by atoms with Crippen LogP contribution in [0.3, 0.4) is 0 Å². The van der Waals surface area contributed by atoms with Crippen LogP contribution in [0.2, 0.25) is 0 Å². The van der Waals surface area contributed by atoms with Gasteiger partial charge in [-0.05, 0) is 43.0 Å². The number of halogens is 1. The number of nitrogens with zero attached hydrogens (tertiary/aromatic N) is 3. The molecule has 0 radical (unpaired) electrons. The molecule has 2 aromatic heterocycles. The highest BCUT2D eigenvalue weighted by Gasteiger charge is 2.36. The van der Waals surface area contributed by atoms with Crippen LogP contribution in [0, 0.1) is 5.92 Å². The number of carbonyl (C=O) groups is 1. The monoisotopic (exact) mass is 367 g/mol. The Hall–Kier alpha value is -1.44. The number of amides is 1. The molecule has 6 nitrogen and oxygen atoms in total. The highest BCUT2D eigenvalue weighted by molar-refractivity contribution is 7.16.